The third-order valence-electron chi connectivity index (χ3n) is 3.44. The highest BCUT2D eigenvalue weighted by Crippen LogP contribution is 2.19. The van der Waals surface area contributed by atoms with Gasteiger partial charge in [0.15, 0.2) is 0 Å². The molecule has 1 atom stereocenters. The molecule has 1 unspecified atom stereocenters. The second kappa shape index (κ2) is 8.51. The van der Waals surface area contributed by atoms with Gasteiger partial charge in [-0.15, -0.1) is 0 Å². The van der Waals surface area contributed by atoms with Crippen LogP contribution in [-0.4, -0.2) is 31.7 Å². The summed E-state index contributed by atoms with van der Waals surface area (Å²) in [6.45, 7) is 6.35. The predicted octanol–water partition coefficient (Wildman–Crippen LogP) is 2.07. The van der Waals surface area contributed by atoms with Crippen LogP contribution in [0.4, 0.5) is 0 Å². The smallest absolute Gasteiger partial charge is 0.244 e. The van der Waals surface area contributed by atoms with E-state index in [1.165, 1.54) is 0 Å². The molecule has 0 bridgehead atoms. The fourth-order valence-corrected chi connectivity index (χ4v) is 4.12. The van der Waals surface area contributed by atoms with Gasteiger partial charge in [-0.3, -0.25) is 5.10 Å². The number of nitrogens with zero attached hydrogens (tertiary/aromatic N) is 1. The van der Waals surface area contributed by atoms with Gasteiger partial charge in [0, 0.05) is 12.6 Å². The van der Waals surface area contributed by atoms with Crippen molar-refractivity contribution in [2.75, 3.05) is 7.05 Å². The predicted molar refractivity (Wildman–Crippen MR) is 84.6 cm³/mol. The lowest BCUT2D eigenvalue weighted by Crippen LogP contribution is -2.35. The van der Waals surface area contributed by atoms with Gasteiger partial charge in [0.1, 0.15) is 4.90 Å². The summed E-state index contributed by atoms with van der Waals surface area (Å²) in [6.07, 6.45) is 4.79. The standard InChI is InChI=1S/C14H28N4O2S/c1-5-7-9-12(8-6-2)18-21(19,20)14-11(3)16-17-13(14)10-15-4/h12,15,18H,5-10H2,1-4H3,(H,16,17). The number of rotatable bonds is 10. The van der Waals surface area contributed by atoms with Crippen molar-refractivity contribution < 1.29 is 8.42 Å². The molecule has 0 aliphatic carbocycles. The molecule has 0 spiro atoms. The van der Waals surface area contributed by atoms with Gasteiger partial charge in [-0.05, 0) is 26.8 Å². The largest absolute Gasteiger partial charge is 0.314 e. The Bertz CT molecular complexity index is 525. The van der Waals surface area contributed by atoms with E-state index in [4.69, 9.17) is 0 Å². The minimum Gasteiger partial charge on any atom is -0.314 e. The summed E-state index contributed by atoms with van der Waals surface area (Å²) in [4.78, 5) is 0.287. The van der Waals surface area contributed by atoms with Crippen LogP contribution in [-0.2, 0) is 16.6 Å². The molecule has 0 saturated carbocycles. The maximum atomic E-state index is 12.7. The minimum absolute atomic E-state index is 0.00307. The van der Waals surface area contributed by atoms with Crippen LogP contribution < -0.4 is 10.0 Å². The molecular formula is C14H28N4O2S. The Morgan fingerprint density at radius 1 is 1.24 bits per heavy atom. The lowest BCUT2D eigenvalue weighted by Gasteiger charge is -2.18. The number of sulfonamides is 1. The summed E-state index contributed by atoms with van der Waals surface area (Å²) in [5.41, 5.74) is 1.12. The maximum absolute atomic E-state index is 12.7. The number of nitrogens with one attached hydrogen (secondary N) is 3. The van der Waals surface area contributed by atoms with E-state index in [1.807, 2.05) is 0 Å². The average molecular weight is 316 g/mol. The van der Waals surface area contributed by atoms with Gasteiger partial charge < -0.3 is 5.32 Å². The van der Waals surface area contributed by atoms with Gasteiger partial charge in [-0.25, -0.2) is 13.1 Å². The molecule has 6 nitrogen and oxygen atoms in total. The molecule has 0 fully saturated rings. The number of H-pyrrole nitrogens is 1. The molecule has 122 valence electrons. The molecule has 0 aromatic carbocycles. The highest BCUT2D eigenvalue weighted by atomic mass is 32.2. The van der Waals surface area contributed by atoms with E-state index in [1.54, 1.807) is 14.0 Å². The molecule has 3 N–H and O–H groups in total. The first-order chi connectivity index (χ1) is 9.96. The van der Waals surface area contributed by atoms with Crippen molar-refractivity contribution in [3.05, 3.63) is 11.4 Å². The number of aromatic amines is 1. The number of unbranched alkanes of at least 4 members (excludes halogenated alkanes) is 1. The molecule has 1 aromatic heterocycles. The van der Waals surface area contributed by atoms with Crippen molar-refractivity contribution in [3.8, 4) is 0 Å². The van der Waals surface area contributed by atoms with Crippen molar-refractivity contribution in [1.29, 1.82) is 0 Å². The summed E-state index contributed by atoms with van der Waals surface area (Å²) in [5.74, 6) is 0. The molecule has 1 heterocycles. The summed E-state index contributed by atoms with van der Waals surface area (Å²) in [6, 6.07) is -0.00307. The third-order valence-corrected chi connectivity index (χ3v) is 5.16. The Labute approximate surface area is 128 Å². The third kappa shape index (κ3) is 5.09. The van der Waals surface area contributed by atoms with Crippen LogP contribution in [0.5, 0.6) is 0 Å². The highest BCUT2D eigenvalue weighted by molar-refractivity contribution is 7.89. The zero-order valence-corrected chi connectivity index (χ0v) is 14.3. The zero-order chi connectivity index (χ0) is 15.9. The topological polar surface area (TPSA) is 86.9 Å². The highest BCUT2D eigenvalue weighted by Gasteiger charge is 2.26. The second-order valence-electron chi connectivity index (χ2n) is 5.40. The van der Waals surface area contributed by atoms with Crippen molar-refractivity contribution in [2.24, 2.45) is 0 Å². The molecule has 1 rings (SSSR count). The van der Waals surface area contributed by atoms with E-state index in [0.717, 1.165) is 32.1 Å². The first-order valence-electron chi connectivity index (χ1n) is 7.67. The van der Waals surface area contributed by atoms with E-state index in [-0.39, 0.29) is 10.9 Å². The molecule has 0 saturated heterocycles. The minimum atomic E-state index is -3.54. The van der Waals surface area contributed by atoms with E-state index < -0.39 is 10.0 Å². The van der Waals surface area contributed by atoms with Crippen LogP contribution in [0.2, 0.25) is 0 Å². The fraction of sp³-hybridized carbons (Fsp3) is 0.786. The summed E-state index contributed by atoms with van der Waals surface area (Å²) in [7, 11) is -1.76. The SMILES string of the molecule is CCCCC(CCC)NS(=O)(=O)c1c(CNC)n[nH]c1C. The molecule has 0 aliphatic rings. The van der Waals surface area contributed by atoms with Gasteiger partial charge in [0.05, 0.1) is 11.4 Å². The van der Waals surface area contributed by atoms with Crippen LogP contribution in [0.1, 0.15) is 57.3 Å². The van der Waals surface area contributed by atoms with E-state index in [0.29, 0.717) is 17.9 Å². The van der Waals surface area contributed by atoms with Crippen molar-refractivity contribution >= 4 is 10.0 Å². The van der Waals surface area contributed by atoms with Crippen molar-refractivity contribution in [3.63, 3.8) is 0 Å². The first kappa shape index (κ1) is 18.1. The second-order valence-corrected chi connectivity index (χ2v) is 7.05. The van der Waals surface area contributed by atoms with E-state index >= 15 is 0 Å². The molecule has 7 heteroatoms. The van der Waals surface area contributed by atoms with Crippen molar-refractivity contribution in [1.82, 2.24) is 20.2 Å². The van der Waals surface area contributed by atoms with Gasteiger partial charge in [-0.2, -0.15) is 5.10 Å². The molecule has 0 amide bonds. The van der Waals surface area contributed by atoms with Crippen LogP contribution >= 0.6 is 0 Å². The average Bonchev–Trinajstić information content (AvgIpc) is 2.78. The Balaban J connectivity index is 2.95. The normalized spacial score (nSPS) is 13.5. The van der Waals surface area contributed by atoms with Gasteiger partial charge in [0.25, 0.3) is 0 Å². The number of hydrogen-bond acceptors (Lipinski definition) is 4. The maximum Gasteiger partial charge on any atom is 0.244 e. The van der Waals surface area contributed by atoms with Crippen molar-refractivity contribution in [2.45, 2.75) is 70.4 Å². The van der Waals surface area contributed by atoms with Gasteiger partial charge in [0.2, 0.25) is 10.0 Å². The van der Waals surface area contributed by atoms with Crippen LogP contribution in [0.25, 0.3) is 0 Å². The monoisotopic (exact) mass is 316 g/mol. The summed E-state index contributed by atoms with van der Waals surface area (Å²) < 4.78 is 28.2. The Morgan fingerprint density at radius 3 is 2.52 bits per heavy atom. The Hall–Kier alpha value is -0.920. The molecular weight excluding hydrogens is 288 g/mol. The fourth-order valence-electron chi connectivity index (χ4n) is 2.45. The van der Waals surface area contributed by atoms with Crippen LogP contribution in [0.3, 0.4) is 0 Å². The van der Waals surface area contributed by atoms with Crippen LogP contribution in [0.15, 0.2) is 4.90 Å². The molecule has 21 heavy (non-hydrogen) atoms. The lowest BCUT2D eigenvalue weighted by molar-refractivity contribution is 0.482. The zero-order valence-electron chi connectivity index (χ0n) is 13.5. The number of hydrogen-bond donors (Lipinski definition) is 3. The Kier molecular flexibility index (Phi) is 7.34. The van der Waals surface area contributed by atoms with E-state index in [9.17, 15) is 8.42 Å². The number of aryl methyl sites for hydroxylation is 1. The molecule has 0 aliphatic heterocycles. The van der Waals surface area contributed by atoms with Gasteiger partial charge in [-0.1, -0.05) is 33.1 Å². The Morgan fingerprint density at radius 2 is 1.95 bits per heavy atom. The summed E-state index contributed by atoms with van der Waals surface area (Å²) in [5, 5.41) is 9.80. The van der Waals surface area contributed by atoms with Crippen LogP contribution in [0, 0.1) is 6.92 Å². The lowest BCUT2D eigenvalue weighted by atomic mass is 10.1. The quantitative estimate of drug-likeness (QED) is 0.617. The summed E-state index contributed by atoms with van der Waals surface area (Å²) >= 11 is 0. The van der Waals surface area contributed by atoms with E-state index in [2.05, 4.69) is 34.1 Å². The first-order valence-corrected chi connectivity index (χ1v) is 9.15. The number of aromatic nitrogens is 2. The van der Waals surface area contributed by atoms with Gasteiger partial charge >= 0.3 is 0 Å². The molecule has 0 radical (unpaired) electrons. The molecule has 1 aromatic rings.